The van der Waals surface area contributed by atoms with Crippen LogP contribution in [-0.2, 0) is 9.47 Å². The first kappa shape index (κ1) is 15.5. The monoisotopic (exact) mass is 284 g/mol. The maximum Gasteiger partial charge on any atom is 0.191 e. The number of aliphatic imine (C=N–C) groups is 1. The molecule has 0 aromatic rings. The Labute approximate surface area is 121 Å². The van der Waals surface area contributed by atoms with Crippen LogP contribution in [0.2, 0.25) is 0 Å². The van der Waals surface area contributed by atoms with Crippen molar-refractivity contribution in [3.05, 3.63) is 0 Å². The van der Waals surface area contributed by atoms with Crippen LogP contribution in [0.25, 0.3) is 0 Å². The minimum atomic E-state index is 0.0296. The van der Waals surface area contributed by atoms with Gasteiger partial charge in [-0.3, -0.25) is 9.89 Å². The molecule has 0 aromatic heterocycles. The topological polar surface area (TPSA) is 58.1 Å². The number of rotatable bonds is 6. The van der Waals surface area contributed by atoms with E-state index in [4.69, 9.17) is 9.47 Å². The standard InChI is InChI=1S/C14H28N4O2/c1-15-13(17-12-14(19-2)4-3-5-14)16-6-7-18-8-10-20-11-9-18/h3-12H2,1-2H3,(H2,15,16,17). The molecular formula is C14H28N4O2. The Morgan fingerprint density at radius 3 is 2.60 bits per heavy atom. The maximum absolute atomic E-state index is 5.60. The highest BCUT2D eigenvalue weighted by atomic mass is 16.5. The number of nitrogens with zero attached hydrogens (tertiary/aromatic N) is 2. The van der Waals surface area contributed by atoms with E-state index >= 15 is 0 Å². The summed E-state index contributed by atoms with van der Waals surface area (Å²) in [5.41, 5.74) is 0.0296. The van der Waals surface area contributed by atoms with Crippen LogP contribution >= 0.6 is 0 Å². The van der Waals surface area contributed by atoms with Crippen molar-refractivity contribution in [1.29, 1.82) is 0 Å². The van der Waals surface area contributed by atoms with Gasteiger partial charge in [-0.25, -0.2) is 0 Å². The molecule has 0 bridgehead atoms. The molecule has 0 unspecified atom stereocenters. The Balaban J connectivity index is 1.62. The zero-order valence-corrected chi connectivity index (χ0v) is 12.8. The second-order valence-corrected chi connectivity index (χ2v) is 5.55. The van der Waals surface area contributed by atoms with Crippen LogP contribution < -0.4 is 10.6 Å². The minimum Gasteiger partial charge on any atom is -0.379 e. The average molecular weight is 284 g/mol. The third-order valence-electron chi connectivity index (χ3n) is 4.32. The smallest absolute Gasteiger partial charge is 0.191 e. The lowest BCUT2D eigenvalue weighted by Crippen LogP contribution is -2.52. The van der Waals surface area contributed by atoms with Crippen LogP contribution in [0, 0.1) is 0 Å². The van der Waals surface area contributed by atoms with Crippen molar-refractivity contribution < 1.29 is 9.47 Å². The Hall–Kier alpha value is -0.850. The summed E-state index contributed by atoms with van der Waals surface area (Å²) < 4.78 is 10.9. The van der Waals surface area contributed by atoms with Crippen molar-refractivity contribution >= 4 is 5.96 Å². The Bertz CT molecular complexity index is 307. The molecule has 20 heavy (non-hydrogen) atoms. The normalized spacial score (nSPS) is 23.2. The summed E-state index contributed by atoms with van der Waals surface area (Å²) in [6.07, 6.45) is 3.54. The lowest BCUT2D eigenvalue weighted by molar-refractivity contribution is -0.0666. The van der Waals surface area contributed by atoms with Crippen molar-refractivity contribution in [2.75, 3.05) is 60.1 Å². The van der Waals surface area contributed by atoms with Crippen LogP contribution in [0.1, 0.15) is 19.3 Å². The van der Waals surface area contributed by atoms with Gasteiger partial charge in [0.2, 0.25) is 0 Å². The lowest BCUT2D eigenvalue weighted by atomic mass is 9.80. The van der Waals surface area contributed by atoms with Gasteiger partial charge in [0.15, 0.2) is 5.96 Å². The van der Waals surface area contributed by atoms with Crippen LogP contribution in [0.4, 0.5) is 0 Å². The molecule has 0 aromatic carbocycles. The second-order valence-electron chi connectivity index (χ2n) is 5.55. The van der Waals surface area contributed by atoms with E-state index in [1.807, 2.05) is 7.05 Å². The van der Waals surface area contributed by atoms with E-state index in [1.165, 1.54) is 6.42 Å². The van der Waals surface area contributed by atoms with Crippen LogP contribution in [0.5, 0.6) is 0 Å². The van der Waals surface area contributed by atoms with Gasteiger partial charge in [0.1, 0.15) is 0 Å². The maximum atomic E-state index is 5.60. The summed E-state index contributed by atoms with van der Waals surface area (Å²) in [5, 5.41) is 6.73. The van der Waals surface area contributed by atoms with E-state index in [1.54, 1.807) is 7.11 Å². The number of morpholine rings is 1. The van der Waals surface area contributed by atoms with Crippen molar-refractivity contribution in [1.82, 2.24) is 15.5 Å². The van der Waals surface area contributed by atoms with Gasteiger partial charge in [0.05, 0.1) is 18.8 Å². The molecule has 6 nitrogen and oxygen atoms in total. The van der Waals surface area contributed by atoms with Gasteiger partial charge in [-0.1, -0.05) is 0 Å². The summed E-state index contributed by atoms with van der Waals surface area (Å²) in [5.74, 6) is 0.863. The van der Waals surface area contributed by atoms with Gasteiger partial charge in [-0.05, 0) is 19.3 Å². The molecule has 0 spiro atoms. The van der Waals surface area contributed by atoms with Crippen molar-refractivity contribution in [3.8, 4) is 0 Å². The molecule has 2 aliphatic rings. The van der Waals surface area contributed by atoms with E-state index in [0.29, 0.717) is 0 Å². The zero-order chi connectivity index (χ0) is 14.3. The Kier molecular flexibility index (Phi) is 6.06. The predicted molar refractivity (Wildman–Crippen MR) is 80.2 cm³/mol. The fourth-order valence-corrected chi connectivity index (χ4v) is 2.65. The first-order valence-electron chi connectivity index (χ1n) is 7.58. The Morgan fingerprint density at radius 2 is 2.05 bits per heavy atom. The Morgan fingerprint density at radius 1 is 1.30 bits per heavy atom. The lowest BCUT2D eigenvalue weighted by Gasteiger charge is -2.40. The molecule has 1 saturated carbocycles. The summed E-state index contributed by atoms with van der Waals surface area (Å²) in [6, 6.07) is 0. The zero-order valence-electron chi connectivity index (χ0n) is 12.8. The summed E-state index contributed by atoms with van der Waals surface area (Å²) in [7, 11) is 3.61. The minimum absolute atomic E-state index is 0.0296. The van der Waals surface area contributed by atoms with E-state index in [0.717, 1.165) is 64.7 Å². The van der Waals surface area contributed by atoms with E-state index < -0.39 is 0 Å². The molecule has 2 fully saturated rings. The summed E-state index contributed by atoms with van der Waals surface area (Å²) >= 11 is 0. The van der Waals surface area contributed by atoms with E-state index in [-0.39, 0.29) is 5.60 Å². The van der Waals surface area contributed by atoms with Crippen LogP contribution in [0.15, 0.2) is 4.99 Å². The van der Waals surface area contributed by atoms with Crippen molar-refractivity contribution in [3.63, 3.8) is 0 Å². The molecule has 0 radical (unpaired) electrons. The van der Waals surface area contributed by atoms with Gasteiger partial charge in [-0.15, -0.1) is 0 Å². The highest BCUT2D eigenvalue weighted by Gasteiger charge is 2.36. The second kappa shape index (κ2) is 7.81. The fourth-order valence-electron chi connectivity index (χ4n) is 2.65. The number of ether oxygens (including phenoxy) is 2. The van der Waals surface area contributed by atoms with Crippen molar-refractivity contribution in [2.24, 2.45) is 4.99 Å². The number of hydrogen-bond acceptors (Lipinski definition) is 4. The van der Waals surface area contributed by atoms with E-state index in [9.17, 15) is 0 Å². The summed E-state index contributed by atoms with van der Waals surface area (Å²) in [4.78, 5) is 6.67. The number of nitrogens with one attached hydrogen (secondary N) is 2. The predicted octanol–water partition coefficient (Wildman–Crippen LogP) is 0.0527. The third kappa shape index (κ3) is 4.33. The molecule has 1 heterocycles. The van der Waals surface area contributed by atoms with Gasteiger partial charge in [0, 0.05) is 46.9 Å². The number of methoxy groups -OCH3 is 1. The number of guanidine groups is 1. The largest absolute Gasteiger partial charge is 0.379 e. The molecule has 1 saturated heterocycles. The van der Waals surface area contributed by atoms with Gasteiger partial charge >= 0.3 is 0 Å². The molecular weight excluding hydrogens is 256 g/mol. The quantitative estimate of drug-likeness (QED) is 0.533. The fraction of sp³-hybridized carbons (Fsp3) is 0.929. The SMILES string of the molecule is CN=C(NCCN1CCOCC1)NCC1(OC)CCC1. The molecule has 2 rings (SSSR count). The third-order valence-corrected chi connectivity index (χ3v) is 4.32. The van der Waals surface area contributed by atoms with Crippen LogP contribution in [-0.4, -0.2) is 76.6 Å². The molecule has 6 heteroatoms. The molecule has 0 atom stereocenters. The highest BCUT2D eigenvalue weighted by molar-refractivity contribution is 5.79. The average Bonchev–Trinajstić information content (AvgIpc) is 2.45. The first-order valence-corrected chi connectivity index (χ1v) is 7.58. The first-order chi connectivity index (χ1) is 9.78. The summed E-state index contributed by atoms with van der Waals surface area (Å²) in [6.45, 7) is 6.52. The molecule has 0 amide bonds. The number of hydrogen-bond donors (Lipinski definition) is 2. The van der Waals surface area contributed by atoms with Gasteiger partial charge in [0.25, 0.3) is 0 Å². The highest BCUT2D eigenvalue weighted by Crippen LogP contribution is 2.34. The van der Waals surface area contributed by atoms with Gasteiger partial charge < -0.3 is 20.1 Å². The molecule has 116 valence electrons. The van der Waals surface area contributed by atoms with E-state index in [2.05, 4.69) is 20.5 Å². The van der Waals surface area contributed by atoms with Gasteiger partial charge in [-0.2, -0.15) is 0 Å². The molecule has 1 aliphatic carbocycles. The van der Waals surface area contributed by atoms with Crippen molar-refractivity contribution in [2.45, 2.75) is 24.9 Å². The van der Waals surface area contributed by atoms with Crippen LogP contribution in [0.3, 0.4) is 0 Å². The molecule has 1 aliphatic heterocycles. The molecule has 2 N–H and O–H groups in total.